The molecule has 0 aliphatic carbocycles. The molecule has 29 heavy (non-hydrogen) atoms. The monoisotopic (exact) mass is 392 g/mol. The lowest BCUT2D eigenvalue weighted by Gasteiger charge is -2.35. The summed E-state index contributed by atoms with van der Waals surface area (Å²) in [5.41, 5.74) is 4.54. The van der Waals surface area contributed by atoms with E-state index in [0.29, 0.717) is 0 Å². The number of amides is 1. The quantitative estimate of drug-likeness (QED) is 0.763. The smallest absolute Gasteiger partial charge is 0.254 e. The lowest BCUT2D eigenvalue weighted by Crippen LogP contribution is -2.44. The number of benzene rings is 2. The van der Waals surface area contributed by atoms with Crippen LogP contribution < -0.4 is 0 Å². The molecule has 1 amide bonds. The first-order valence-corrected chi connectivity index (χ1v) is 10.8. The molecular weight excluding hydrogens is 360 g/mol. The Kier molecular flexibility index (Phi) is 6.02. The highest BCUT2D eigenvalue weighted by Crippen LogP contribution is 2.33. The summed E-state index contributed by atoms with van der Waals surface area (Å²) in [5.74, 6) is 0.147. The summed E-state index contributed by atoms with van der Waals surface area (Å²) in [6.45, 7) is 10.0. The molecule has 4 rings (SSSR count). The molecule has 154 valence electrons. The van der Waals surface area contributed by atoms with Gasteiger partial charge in [-0.05, 0) is 56.9 Å². The molecular formula is C25H32N2O2. The van der Waals surface area contributed by atoms with Gasteiger partial charge in [-0.15, -0.1) is 0 Å². The average molecular weight is 393 g/mol. The molecule has 2 aromatic carbocycles. The van der Waals surface area contributed by atoms with Crippen molar-refractivity contribution in [2.45, 2.75) is 58.4 Å². The molecule has 0 N–H and O–H groups in total. The number of ether oxygens (including phenoxy) is 1. The summed E-state index contributed by atoms with van der Waals surface area (Å²) in [5, 5.41) is 0. The lowest BCUT2D eigenvalue weighted by molar-refractivity contribution is -0.0704. The highest BCUT2D eigenvalue weighted by atomic mass is 16.5. The summed E-state index contributed by atoms with van der Waals surface area (Å²) >= 11 is 0. The number of nitrogens with zero attached hydrogens (tertiary/aromatic N) is 2. The van der Waals surface area contributed by atoms with Crippen LogP contribution in [0.5, 0.6) is 0 Å². The van der Waals surface area contributed by atoms with Crippen LogP contribution in [0.1, 0.15) is 59.8 Å². The van der Waals surface area contributed by atoms with E-state index in [0.717, 1.165) is 44.6 Å². The molecule has 2 saturated heterocycles. The molecule has 2 aromatic rings. The van der Waals surface area contributed by atoms with Gasteiger partial charge in [-0.25, -0.2) is 0 Å². The molecule has 2 heterocycles. The molecule has 0 saturated carbocycles. The zero-order valence-corrected chi connectivity index (χ0v) is 17.8. The average Bonchev–Trinajstić information content (AvgIpc) is 3.17. The zero-order valence-electron chi connectivity index (χ0n) is 17.8. The summed E-state index contributed by atoms with van der Waals surface area (Å²) in [6.07, 6.45) is 2.65. The molecule has 0 aromatic heterocycles. The Hall–Kier alpha value is -2.17. The van der Waals surface area contributed by atoms with Gasteiger partial charge in [0.25, 0.3) is 5.91 Å². The SMILES string of the molecule is Cc1ccc(C2CCCN2C(=O)c2ccc(CN3CC(C)OC(C)C3)cc2)cc1. The van der Waals surface area contributed by atoms with Crippen molar-refractivity contribution in [1.82, 2.24) is 9.80 Å². The van der Waals surface area contributed by atoms with Crippen LogP contribution >= 0.6 is 0 Å². The second kappa shape index (κ2) is 8.68. The maximum Gasteiger partial charge on any atom is 0.254 e. The first-order valence-electron chi connectivity index (χ1n) is 10.8. The van der Waals surface area contributed by atoms with Gasteiger partial charge in [-0.1, -0.05) is 42.0 Å². The van der Waals surface area contributed by atoms with E-state index in [-0.39, 0.29) is 24.2 Å². The molecule has 3 atom stereocenters. The summed E-state index contributed by atoms with van der Waals surface area (Å²) in [6, 6.07) is 17.0. The number of hydrogen-bond acceptors (Lipinski definition) is 3. The first-order chi connectivity index (χ1) is 14.0. The summed E-state index contributed by atoms with van der Waals surface area (Å²) in [7, 11) is 0. The van der Waals surface area contributed by atoms with Crippen LogP contribution in [0.2, 0.25) is 0 Å². The highest BCUT2D eigenvalue weighted by Gasteiger charge is 2.30. The fourth-order valence-corrected chi connectivity index (χ4v) is 4.74. The summed E-state index contributed by atoms with van der Waals surface area (Å²) < 4.78 is 5.82. The normalized spacial score (nSPS) is 25.3. The van der Waals surface area contributed by atoms with E-state index in [1.165, 1.54) is 16.7 Å². The van der Waals surface area contributed by atoms with Gasteiger partial charge in [-0.3, -0.25) is 9.69 Å². The Labute approximate surface area is 174 Å². The molecule has 4 nitrogen and oxygen atoms in total. The number of likely N-dealkylation sites (tertiary alicyclic amines) is 1. The van der Waals surface area contributed by atoms with E-state index in [9.17, 15) is 4.79 Å². The Balaban J connectivity index is 1.43. The second-order valence-electron chi connectivity index (χ2n) is 8.72. The summed E-state index contributed by atoms with van der Waals surface area (Å²) in [4.78, 5) is 17.7. The number of aryl methyl sites for hydroxylation is 1. The van der Waals surface area contributed by atoms with E-state index in [2.05, 4.69) is 62.1 Å². The van der Waals surface area contributed by atoms with Gasteiger partial charge >= 0.3 is 0 Å². The van der Waals surface area contributed by atoms with Crippen molar-refractivity contribution in [3.05, 3.63) is 70.8 Å². The second-order valence-corrected chi connectivity index (χ2v) is 8.72. The number of carbonyl (C=O) groups is 1. The minimum atomic E-state index is 0.147. The van der Waals surface area contributed by atoms with E-state index in [1.807, 2.05) is 17.0 Å². The van der Waals surface area contributed by atoms with Gasteiger partial charge in [0.15, 0.2) is 0 Å². The maximum atomic E-state index is 13.2. The van der Waals surface area contributed by atoms with E-state index >= 15 is 0 Å². The number of rotatable bonds is 4. The molecule has 2 aliphatic heterocycles. The molecule has 4 heteroatoms. The van der Waals surface area contributed by atoms with Gasteiger partial charge in [0.1, 0.15) is 0 Å². The van der Waals surface area contributed by atoms with Crippen LogP contribution in [0.4, 0.5) is 0 Å². The number of morpholine rings is 1. The molecule has 0 radical (unpaired) electrons. The maximum absolute atomic E-state index is 13.2. The standard InChI is InChI=1S/C25H32N2O2/c1-18-6-10-22(11-7-18)24-5-4-14-27(24)25(28)23-12-8-21(9-13-23)17-26-15-19(2)29-20(3)16-26/h6-13,19-20,24H,4-5,14-17H2,1-3H3. The van der Waals surface area contributed by atoms with Crippen molar-refractivity contribution in [3.8, 4) is 0 Å². The highest BCUT2D eigenvalue weighted by molar-refractivity contribution is 5.94. The van der Waals surface area contributed by atoms with Crippen LogP contribution in [0.3, 0.4) is 0 Å². The van der Waals surface area contributed by atoms with Crippen LogP contribution in [-0.4, -0.2) is 47.5 Å². The predicted octanol–water partition coefficient (Wildman–Crippen LogP) is 4.58. The minimum absolute atomic E-state index is 0.147. The third-order valence-corrected chi connectivity index (χ3v) is 6.08. The van der Waals surface area contributed by atoms with Crippen molar-refractivity contribution in [1.29, 1.82) is 0 Å². The van der Waals surface area contributed by atoms with Crippen LogP contribution in [0.25, 0.3) is 0 Å². The Morgan fingerprint density at radius 2 is 1.66 bits per heavy atom. The Bertz CT molecular complexity index is 821. The van der Waals surface area contributed by atoms with Gasteiger partial charge < -0.3 is 9.64 Å². The molecule has 0 spiro atoms. The van der Waals surface area contributed by atoms with E-state index in [4.69, 9.17) is 4.74 Å². The van der Waals surface area contributed by atoms with Crippen molar-refractivity contribution >= 4 is 5.91 Å². The lowest BCUT2D eigenvalue weighted by atomic mass is 10.0. The van der Waals surface area contributed by atoms with Crippen LogP contribution in [0, 0.1) is 6.92 Å². The largest absolute Gasteiger partial charge is 0.373 e. The van der Waals surface area contributed by atoms with Gasteiger partial charge in [-0.2, -0.15) is 0 Å². The molecule has 2 aliphatic rings. The van der Waals surface area contributed by atoms with Crippen molar-refractivity contribution in [2.24, 2.45) is 0 Å². The fourth-order valence-electron chi connectivity index (χ4n) is 4.74. The third kappa shape index (κ3) is 4.71. The van der Waals surface area contributed by atoms with E-state index in [1.54, 1.807) is 0 Å². The first kappa shape index (κ1) is 20.1. The van der Waals surface area contributed by atoms with Crippen molar-refractivity contribution in [3.63, 3.8) is 0 Å². The molecule has 0 bridgehead atoms. The topological polar surface area (TPSA) is 32.8 Å². The predicted molar refractivity (Wildman–Crippen MR) is 116 cm³/mol. The van der Waals surface area contributed by atoms with Gasteiger partial charge in [0, 0.05) is 31.7 Å². The Morgan fingerprint density at radius 1 is 1.00 bits per heavy atom. The van der Waals surface area contributed by atoms with Gasteiger partial charge in [0.2, 0.25) is 0 Å². The van der Waals surface area contributed by atoms with Crippen LogP contribution in [-0.2, 0) is 11.3 Å². The number of carbonyl (C=O) groups excluding carboxylic acids is 1. The van der Waals surface area contributed by atoms with E-state index < -0.39 is 0 Å². The number of hydrogen-bond donors (Lipinski definition) is 0. The van der Waals surface area contributed by atoms with Crippen molar-refractivity contribution in [2.75, 3.05) is 19.6 Å². The third-order valence-electron chi connectivity index (χ3n) is 6.08. The molecule has 3 unspecified atom stereocenters. The fraction of sp³-hybridized carbons (Fsp3) is 0.480. The van der Waals surface area contributed by atoms with Crippen molar-refractivity contribution < 1.29 is 9.53 Å². The minimum Gasteiger partial charge on any atom is -0.373 e. The zero-order chi connectivity index (χ0) is 20.4. The Morgan fingerprint density at radius 3 is 2.31 bits per heavy atom. The molecule has 2 fully saturated rings. The van der Waals surface area contributed by atoms with Gasteiger partial charge in [0.05, 0.1) is 18.2 Å². The van der Waals surface area contributed by atoms with Crippen LogP contribution in [0.15, 0.2) is 48.5 Å².